The van der Waals surface area contributed by atoms with Crippen LogP contribution in [0, 0.1) is 5.92 Å². The Morgan fingerprint density at radius 2 is 1.43 bits per heavy atom. The molecule has 0 spiro atoms. The van der Waals surface area contributed by atoms with Crippen LogP contribution in [-0.4, -0.2) is 48.9 Å². The molecule has 0 N–H and O–H groups in total. The second-order valence-electron chi connectivity index (χ2n) is 5.19. The molecule has 1 aliphatic rings. The molecule has 1 saturated heterocycles. The fraction of sp³-hybridized carbons (Fsp3) is 0.786. The molecule has 3 unspecified atom stereocenters. The predicted molar refractivity (Wildman–Crippen MR) is 71.2 cm³/mol. The van der Waals surface area contributed by atoms with Crippen LogP contribution in [0.4, 0.5) is 0 Å². The smallest absolute Gasteiger partial charge is 0.303 e. The molecule has 0 aromatic heterocycles. The lowest BCUT2D eigenvalue weighted by molar-refractivity contribution is -0.228. The van der Waals surface area contributed by atoms with Gasteiger partial charge in [0.25, 0.3) is 0 Å². The minimum atomic E-state index is -0.808. The zero-order valence-corrected chi connectivity index (χ0v) is 13.0. The van der Waals surface area contributed by atoms with Gasteiger partial charge in [-0.05, 0) is 6.92 Å². The van der Waals surface area contributed by atoms with E-state index in [1.54, 1.807) is 0 Å². The number of esters is 3. The summed E-state index contributed by atoms with van der Waals surface area (Å²) >= 11 is 0. The molecule has 7 nitrogen and oxygen atoms in total. The summed E-state index contributed by atoms with van der Waals surface area (Å²) in [5.41, 5.74) is 0. The molecule has 0 bridgehead atoms. The van der Waals surface area contributed by atoms with Crippen molar-refractivity contribution in [2.75, 3.05) is 6.61 Å². The average molecular weight is 302 g/mol. The van der Waals surface area contributed by atoms with Gasteiger partial charge in [0, 0.05) is 26.7 Å². The van der Waals surface area contributed by atoms with Crippen molar-refractivity contribution < 1.29 is 33.3 Å². The molecule has 0 amide bonds. The molecule has 0 saturated carbocycles. The highest BCUT2D eigenvalue weighted by Gasteiger charge is 2.46. The fourth-order valence-corrected chi connectivity index (χ4v) is 2.29. The minimum Gasteiger partial charge on any atom is -0.463 e. The molecular weight excluding hydrogens is 280 g/mol. The van der Waals surface area contributed by atoms with Gasteiger partial charge in [0.15, 0.2) is 6.10 Å². The fourth-order valence-electron chi connectivity index (χ4n) is 2.29. The number of hydrogen-bond acceptors (Lipinski definition) is 7. The summed E-state index contributed by atoms with van der Waals surface area (Å²) in [6, 6.07) is 0. The Balaban J connectivity index is 2.94. The number of hydrogen-bond donors (Lipinski definition) is 0. The van der Waals surface area contributed by atoms with Gasteiger partial charge >= 0.3 is 17.9 Å². The first-order valence-electron chi connectivity index (χ1n) is 6.85. The quantitative estimate of drug-likeness (QED) is 0.561. The third-order valence-electron chi connectivity index (χ3n) is 3.39. The molecule has 1 rings (SSSR count). The van der Waals surface area contributed by atoms with Crippen LogP contribution >= 0.6 is 0 Å². The molecule has 1 fully saturated rings. The largest absolute Gasteiger partial charge is 0.463 e. The van der Waals surface area contributed by atoms with E-state index in [2.05, 4.69) is 0 Å². The summed E-state index contributed by atoms with van der Waals surface area (Å²) in [5, 5.41) is 0. The third-order valence-corrected chi connectivity index (χ3v) is 3.39. The summed E-state index contributed by atoms with van der Waals surface area (Å²) in [4.78, 5) is 33.5. The van der Waals surface area contributed by atoms with Crippen LogP contribution < -0.4 is 0 Å². The monoisotopic (exact) mass is 302 g/mol. The van der Waals surface area contributed by atoms with Crippen LogP contribution in [0.1, 0.15) is 34.6 Å². The van der Waals surface area contributed by atoms with E-state index in [9.17, 15) is 14.4 Å². The maximum Gasteiger partial charge on any atom is 0.303 e. The van der Waals surface area contributed by atoms with E-state index < -0.39 is 36.2 Å². The summed E-state index contributed by atoms with van der Waals surface area (Å²) < 4.78 is 21.2. The molecule has 0 aliphatic carbocycles. The number of carbonyl (C=O) groups excluding carboxylic acids is 3. The van der Waals surface area contributed by atoms with Gasteiger partial charge in [0.05, 0.1) is 6.10 Å². The Bertz CT molecular complexity index is 406. The van der Waals surface area contributed by atoms with Gasteiger partial charge in [-0.3, -0.25) is 14.4 Å². The van der Waals surface area contributed by atoms with E-state index in [1.165, 1.54) is 20.8 Å². The number of ether oxygens (including phenoxy) is 4. The Kier molecular flexibility index (Phi) is 6.14. The van der Waals surface area contributed by atoms with Gasteiger partial charge < -0.3 is 18.9 Å². The first kappa shape index (κ1) is 17.4. The first-order chi connectivity index (χ1) is 9.72. The topological polar surface area (TPSA) is 88.1 Å². The van der Waals surface area contributed by atoms with E-state index in [4.69, 9.17) is 18.9 Å². The second-order valence-corrected chi connectivity index (χ2v) is 5.19. The SMILES string of the molecule is CC(=O)OCC1O[C@H](C)C(C)C(OC(C)=O)[C@H]1OC(C)=O. The Morgan fingerprint density at radius 3 is 1.90 bits per heavy atom. The van der Waals surface area contributed by atoms with Crippen molar-refractivity contribution in [3.63, 3.8) is 0 Å². The highest BCUT2D eigenvalue weighted by Crippen LogP contribution is 2.30. The van der Waals surface area contributed by atoms with Crippen LogP contribution in [0.25, 0.3) is 0 Å². The lowest BCUT2D eigenvalue weighted by Gasteiger charge is -2.43. The summed E-state index contributed by atoms with van der Waals surface area (Å²) in [6.45, 7) is 7.43. The standard InChI is InChI=1S/C14H22O7/c1-7-8(2)19-12(6-18-9(3)15)14(21-11(5)17)13(7)20-10(4)16/h7-8,12-14H,6H2,1-5H3/t7?,8-,12?,13?,14+/m1/s1. The van der Waals surface area contributed by atoms with Crippen molar-refractivity contribution in [1.82, 2.24) is 0 Å². The second kappa shape index (κ2) is 7.40. The molecular formula is C14H22O7. The van der Waals surface area contributed by atoms with E-state index in [0.29, 0.717) is 0 Å². The molecule has 7 heteroatoms. The van der Waals surface area contributed by atoms with E-state index in [0.717, 1.165) is 0 Å². The van der Waals surface area contributed by atoms with Crippen molar-refractivity contribution in [3.05, 3.63) is 0 Å². The number of carbonyl (C=O) groups is 3. The van der Waals surface area contributed by atoms with Crippen LogP contribution in [0.2, 0.25) is 0 Å². The maximum atomic E-state index is 11.3. The zero-order valence-electron chi connectivity index (χ0n) is 13.0. The molecule has 21 heavy (non-hydrogen) atoms. The van der Waals surface area contributed by atoms with Gasteiger partial charge in [-0.15, -0.1) is 0 Å². The highest BCUT2D eigenvalue weighted by molar-refractivity contribution is 5.67. The third kappa shape index (κ3) is 5.00. The van der Waals surface area contributed by atoms with Crippen LogP contribution in [0.15, 0.2) is 0 Å². The minimum absolute atomic E-state index is 0.0674. The highest BCUT2D eigenvalue weighted by atomic mass is 16.6. The molecule has 120 valence electrons. The van der Waals surface area contributed by atoms with Crippen molar-refractivity contribution in [2.24, 2.45) is 5.92 Å². The van der Waals surface area contributed by atoms with Gasteiger partial charge in [0.1, 0.15) is 18.8 Å². The summed E-state index contributed by atoms with van der Waals surface area (Å²) in [6.07, 6.45) is -2.36. The normalized spacial score (nSPS) is 32.1. The van der Waals surface area contributed by atoms with E-state index in [-0.39, 0.29) is 18.6 Å². The van der Waals surface area contributed by atoms with Crippen LogP contribution in [0.3, 0.4) is 0 Å². The van der Waals surface area contributed by atoms with Gasteiger partial charge in [0.2, 0.25) is 0 Å². The molecule has 0 aromatic rings. The predicted octanol–water partition coefficient (Wildman–Crippen LogP) is 0.836. The van der Waals surface area contributed by atoms with E-state index >= 15 is 0 Å². The Labute approximate surface area is 123 Å². The summed E-state index contributed by atoms with van der Waals surface area (Å²) in [5.74, 6) is -1.61. The molecule has 0 aromatic carbocycles. The van der Waals surface area contributed by atoms with Crippen LogP contribution in [0.5, 0.6) is 0 Å². The molecule has 1 heterocycles. The number of rotatable bonds is 4. The molecule has 0 radical (unpaired) electrons. The van der Waals surface area contributed by atoms with Gasteiger partial charge in [-0.1, -0.05) is 6.92 Å². The maximum absolute atomic E-state index is 11.3. The molecule has 5 atom stereocenters. The van der Waals surface area contributed by atoms with Crippen molar-refractivity contribution in [1.29, 1.82) is 0 Å². The van der Waals surface area contributed by atoms with Crippen LogP contribution in [-0.2, 0) is 33.3 Å². The lowest BCUT2D eigenvalue weighted by atomic mass is 9.88. The molecule has 1 aliphatic heterocycles. The first-order valence-corrected chi connectivity index (χ1v) is 6.85. The zero-order chi connectivity index (χ0) is 16.2. The average Bonchev–Trinajstić information content (AvgIpc) is 2.35. The Hall–Kier alpha value is -1.63. The van der Waals surface area contributed by atoms with Crippen molar-refractivity contribution in [2.45, 2.75) is 59.0 Å². The van der Waals surface area contributed by atoms with Crippen molar-refractivity contribution in [3.8, 4) is 0 Å². The Morgan fingerprint density at radius 1 is 0.905 bits per heavy atom. The van der Waals surface area contributed by atoms with E-state index in [1.807, 2.05) is 13.8 Å². The summed E-state index contributed by atoms with van der Waals surface area (Å²) in [7, 11) is 0. The lowest BCUT2D eigenvalue weighted by Crippen LogP contribution is -2.57. The van der Waals surface area contributed by atoms with Gasteiger partial charge in [-0.2, -0.15) is 0 Å². The van der Waals surface area contributed by atoms with Gasteiger partial charge in [-0.25, -0.2) is 0 Å². The van der Waals surface area contributed by atoms with Crippen molar-refractivity contribution >= 4 is 17.9 Å².